The van der Waals surface area contributed by atoms with E-state index in [-0.39, 0.29) is 5.70 Å². The maximum absolute atomic E-state index is 12.1. The molecule has 0 atom stereocenters. The lowest BCUT2D eigenvalue weighted by molar-refractivity contribution is -0.129. The SMILES string of the molecule is CCCCCCOc1ccc(/C=C2\N=C(c3cccs3)OC2=O)cc1OC. The lowest BCUT2D eigenvalue weighted by Gasteiger charge is -2.11. The van der Waals surface area contributed by atoms with Crippen molar-refractivity contribution in [3.8, 4) is 11.5 Å². The van der Waals surface area contributed by atoms with E-state index in [4.69, 9.17) is 14.2 Å². The Labute approximate surface area is 163 Å². The highest BCUT2D eigenvalue weighted by atomic mass is 32.1. The Bertz CT molecular complexity index is 840. The molecule has 1 aliphatic heterocycles. The molecule has 0 bridgehead atoms. The molecule has 0 aliphatic carbocycles. The zero-order chi connectivity index (χ0) is 19.1. The van der Waals surface area contributed by atoms with Crippen molar-refractivity contribution in [3.63, 3.8) is 0 Å². The number of methoxy groups -OCH3 is 1. The Kier molecular flexibility index (Phi) is 6.65. The zero-order valence-electron chi connectivity index (χ0n) is 15.6. The van der Waals surface area contributed by atoms with Crippen LogP contribution >= 0.6 is 11.3 Å². The van der Waals surface area contributed by atoms with Crippen molar-refractivity contribution < 1.29 is 19.0 Å². The Hall–Kier alpha value is -2.60. The molecule has 2 heterocycles. The molecule has 0 amide bonds. The number of cyclic esters (lactones) is 1. The predicted molar refractivity (Wildman–Crippen MR) is 108 cm³/mol. The van der Waals surface area contributed by atoms with Gasteiger partial charge in [0.15, 0.2) is 17.2 Å². The number of rotatable bonds is 9. The van der Waals surface area contributed by atoms with Crippen LogP contribution in [0.1, 0.15) is 43.0 Å². The van der Waals surface area contributed by atoms with E-state index >= 15 is 0 Å². The summed E-state index contributed by atoms with van der Waals surface area (Å²) in [7, 11) is 1.60. The maximum Gasteiger partial charge on any atom is 0.363 e. The summed E-state index contributed by atoms with van der Waals surface area (Å²) in [5, 5.41) is 1.92. The van der Waals surface area contributed by atoms with E-state index in [0.29, 0.717) is 24.0 Å². The molecule has 0 spiro atoms. The highest BCUT2D eigenvalue weighted by Gasteiger charge is 2.24. The summed E-state index contributed by atoms with van der Waals surface area (Å²) in [4.78, 5) is 17.2. The van der Waals surface area contributed by atoms with Crippen LogP contribution in [-0.4, -0.2) is 25.6 Å². The van der Waals surface area contributed by atoms with Gasteiger partial charge in [-0.25, -0.2) is 9.79 Å². The average Bonchev–Trinajstić information content (AvgIpc) is 3.33. The number of carbonyl (C=O) groups excluding carboxylic acids is 1. The third-order valence-electron chi connectivity index (χ3n) is 4.10. The number of ether oxygens (including phenoxy) is 3. The third-order valence-corrected chi connectivity index (χ3v) is 4.96. The van der Waals surface area contributed by atoms with E-state index in [2.05, 4.69) is 11.9 Å². The Morgan fingerprint density at radius 3 is 2.81 bits per heavy atom. The topological polar surface area (TPSA) is 57.1 Å². The second-order valence-corrected chi connectivity index (χ2v) is 7.08. The van der Waals surface area contributed by atoms with Gasteiger partial charge in [0.25, 0.3) is 0 Å². The zero-order valence-corrected chi connectivity index (χ0v) is 16.4. The maximum atomic E-state index is 12.1. The Morgan fingerprint density at radius 2 is 2.07 bits per heavy atom. The van der Waals surface area contributed by atoms with Crippen molar-refractivity contribution in [1.82, 2.24) is 0 Å². The predicted octanol–water partition coefficient (Wildman–Crippen LogP) is 5.06. The molecule has 0 unspecified atom stereocenters. The van der Waals surface area contributed by atoms with E-state index in [0.717, 1.165) is 23.3 Å². The molecular weight excluding hydrogens is 362 g/mol. The molecule has 0 saturated heterocycles. The van der Waals surface area contributed by atoms with Crippen molar-refractivity contribution in [2.24, 2.45) is 4.99 Å². The number of esters is 1. The first kappa shape index (κ1) is 19.2. The van der Waals surface area contributed by atoms with Crippen molar-refractivity contribution in [2.45, 2.75) is 32.6 Å². The molecule has 1 aliphatic rings. The summed E-state index contributed by atoms with van der Waals surface area (Å²) in [5.41, 5.74) is 1.07. The van der Waals surface area contributed by atoms with Crippen molar-refractivity contribution in [1.29, 1.82) is 0 Å². The highest BCUT2D eigenvalue weighted by Crippen LogP contribution is 2.30. The molecule has 5 nitrogen and oxygen atoms in total. The number of thiophene rings is 1. The molecule has 1 aromatic heterocycles. The van der Waals surface area contributed by atoms with Crippen LogP contribution in [0, 0.1) is 0 Å². The molecule has 0 fully saturated rings. The molecule has 142 valence electrons. The average molecular weight is 385 g/mol. The number of nitrogens with zero attached hydrogens (tertiary/aromatic N) is 1. The summed E-state index contributed by atoms with van der Waals surface area (Å²) in [6.07, 6.45) is 6.30. The van der Waals surface area contributed by atoms with Gasteiger partial charge in [0.2, 0.25) is 5.90 Å². The minimum absolute atomic E-state index is 0.272. The summed E-state index contributed by atoms with van der Waals surface area (Å²) >= 11 is 1.48. The first-order chi connectivity index (χ1) is 13.2. The Morgan fingerprint density at radius 1 is 1.19 bits per heavy atom. The van der Waals surface area contributed by atoms with Crippen molar-refractivity contribution in [3.05, 3.63) is 51.8 Å². The van der Waals surface area contributed by atoms with E-state index in [1.54, 1.807) is 13.2 Å². The van der Waals surface area contributed by atoms with Crippen LogP contribution in [-0.2, 0) is 9.53 Å². The van der Waals surface area contributed by atoms with Gasteiger partial charge >= 0.3 is 5.97 Å². The number of aliphatic imine (C=N–C) groups is 1. The molecule has 3 rings (SSSR count). The van der Waals surface area contributed by atoms with Gasteiger partial charge in [-0.05, 0) is 41.6 Å². The molecule has 2 aromatic rings. The van der Waals surface area contributed by atoms with E-state index in [1.165, 1.54) is 24.2 Å². The summed E-state index contributed by atoms with van der Waals surface area (Å²) in [6, 6.07) is 9.33. The fraction of sp³-hybridized carbons (Fsp3) is 0.333. The van der Waals surface area contributed by atoms with Crippen LogP contribution < -0.4 is 9.47 Å². The van der Waals surface area contributed by atoms with Crippen LogP contribution in [0.2, 0.25) is 0 Å². The molecule has 0 radical (unpaired) electrons. The standard InChI is InChI=1S/C21H23NO4S/c1-3-4-5-6-11-25-17-10-9-15(14-18(17)24-2)13-16-21(23)26-20(22-16)19-8-7-12-27-19/h7-10,12-14H,3-6,11H2,1-2H3/b16-13-. The monoisotopic (exact) mass is 385 g/mol. The molecule has 0 saturated carbocycles. The quantitative estimate of drug-likeness (QED) is 0.344. The lowest BCUT2D eigenvalue weighted by Crippen LogP contribution is -2.03. The van der Waals surface area contributed by atoms with Gasteiger partial charge in [-0.3, -0.25) is 0 Å². The Balaban J connectivity index is 1.71. The molecule has 6 heteroatoms. The van der Waals surface area contributed by atoms with Crippen molar-refractivity contribution in [2.75, 3.05) is 13.7 Å². The second-order valence-electron chi connectivity index (χ2n) is 6.13. The summed E-state index contributed by atoms with van der Waals surface area (Å²) in [6.45, 7) is 2.85. The number of hydrogen-bond acceptors (Lipinski definition) is 6. The van der Waals surface area contributed by atoms with Gasteiger partial charge in [-0.2, -0.15) is 0 Å². The third kappa shape index (κ3) is 4.98. The molecule has 27 heavy (non-hydrogen) atoms. The van der Waals surface area contributed by atoms with Crippen LogP contribution in [0.4, 0.5) is 0 Å². The number of benzene rings is 1. The fourth-order valence-electron chi connectivity index (χ4n) is 2.68. The minimum atomic E-state index is -0.450. The largest absolute Gasteiger partial charge is 0.493 e. The van der Waals surface area contributed by atoms with Crippen molar-refractivity contribution >= 4 is 29.3 Å². The summed E-state index contributed by atoms with van der Waals surface area (Å²) in [5.74, 6) is 1.23. The highest BCUT2D eigenvalue weighted by molar-refractivity contribution is 7.12. The molecular formula is C21H23NO4S. The number of hydrogen-bond donors (Lipinski definition) is 0. The van der Waals surface area contributed by atoms with E-state index in [1.807, 2.05) is 35.7 Å². The van der Waals surface area contributed by atoms with E-state index in [9.17, 15) is 4.79 Å². The second kappa shape index (κ2) is 9.37. The van der Waals surface area contributed by atoms with Gasteiger partial charge < -0.3 is 14.2 Å². The fourth-order valence-corrected chi connectivity index (χ4v) is 3.33. The first-order valence-corrected chi connectivity index (χ1v) is 9.96. The van der Waals surface area contributed by atoms with Gasteiger partial charge in [-0.15, -0.1) is 11.3 Å². The minimum Gasteiger partial charge on any atom is -0.493 e. The van der Waals surface area contributed by atoms with Crippen LogP contribution in [0.5, 0.6) is 11.5 Å². The number of unbranched alkanes of at least 4 members (excludes halogenated alkanes) is 3. The normalized spacial score (nSPS) is 15.0. The smallest absolute Gasteiger partial charge is 0.363 e. The summed E-state index contributed by atoms with van der Waals surface area (Å²) < 4.78 is 16.5. The lowest BCUT2D eigenvalue weighted by atomic mass is 10.1. The van der Waals surface area contributed by atoms with Gasteiger partial charge in [0, 0.05) is 0 Å². The van der Waals surface area contributed by atoms with E-state index < -0.39 is 5.97 Å². The first-order valence-electron chi connectivity index (χ1n) is 9.08. The molecule has 0 N–H and O–H groups in total. The van der Waals surface area contributed by atoms with Crippen LogP contribution in [0.15, 0.2) is 46.4 Å². The van der Waals surface area contributed by atoms with Gasteiger partial charge in [0.1, 0.15) is 0 Å². The van der Waals surface area contributed by atoms with Gasteiger partial charge in [-0.1, -0.05) is 38.3 Å². The number of carbonyl (C=O) groups is 1. The van der Waals surface area contributed by atoms with Gasteiger partial charge in [0.05, 0.1) is 18.6 Å². The molecule has 1 aromatic carbocycles. The van der Waals surface area contributed by atoms with Crippen LogP contribution in [0.25, 0.3) is 6.08 Å². The van der Waals surface area contributed by atoms with Crippen LogP contribution in [0.3, 0.4) is 0 Å².